The molecule has 1 fully saturated rings. The van der Waals surface area contributed by atoms with Gasteiger partial charge in [0.15, 0.2) is 0 Å². The fourth-order valence-electron chi connectivity index (χ4n) is 1.41. The van der Waals surface area contributed by atoms with Crippen LogP contribution in [0.15, 0.2) is 15.9 Å². The van der Waals surface area contributed by atoms with Crippen LogP contribution in [0.1, 0.15) is 6.42 Å². The maximum atomic E-state index is 10.6. The molecule has 0 aromatic carbocycles. The molecule has 2 unspecified atom stereocenters. The SMILES string of the molecule is O=C(O)C1CC1CNc1cc(Br)cs1. The maximum absolute atomic E-state index is 10.6. The number of thiophene rings is 1. The van der Waals surface area contributed by atoms with Gasteiger partial charge in [-0.05, 0) is 34.3 Å². The van der Waals surface area contributed by atoms with Crippen LogP contribution in [-0.4, -0.2) is 17.6 Å². The summed E-state index contributed by atoms with van der Waals surface area (Å²) in [5.74, 6) is -0.469. The normalized spacial score (nSPS) is 24.6. The first-order chi connectivity index (χ1) is 6.66. The summed E-state index contributed by atoms with van der Waals surface area (Å²) in [5.41, 5.74) is 0. The number of carbonyl (C=O) groups is 1. The molecule has 1 heterocycles. The zero-order valence-corrected chi connectivity index (χ0v) is 9.77. The van der Waals surface area contributed by atoms with Crippen molar-refractivity contribution in [2.24, 2.45) is 11.8 Å². The molecular formula is C9H10BrNO2S. The van der Waals surface area contributed by atoms with Crippen LogP contribution in [0.2, 0.25) is 0 Å². The molecule has 0 saturated heterocycles. The predicted octanol–water partition coefficient (Wildman–Crippen LogP) is 2.64. The Kier molecular flexibility index (Phi) is 2.78. The number of carboxylic acids is 1. The van der Waals surface area contributed by atoms with Crippen molar-refractivity contribution in [3.63, 3.8) is 0 Å². The highest BCUT2D eigenvalue weighted by atomic mass is 79.9. The van der Waals surface area contributed by atoms with Gasteiger partial charge in [-0.3, -0.25) is 4.79 Å². The Bertz CT molecular complexity index is 352. The minimum Gasteiger partial charge on any atom is -0.481 e. The van der Waals surface area contributed by atoms with Gasteiger partial charge in [-0.25, -0.2) is 0 Å². The third kappa shape index (κ3) is 2.27. The van der Waals surface area contributed by atoms with Gasteiger partial charge in [0.25, 0.3) is 0 Å². The third-order valence-electron chi connectivity index (χ3n) is 2.35. The number of nitrogens with one attached hydrogen (secondary N) is 1. The van der Waals surface area contributed by atoms with E-state index >= 15 is 0 Å². The first-order valence-corrected chi connectivity index (χ1v) is 6.05. The van der Waals surface area contributed by atoms with Crippen molar-refractivity contribution < 1.29 is 9.90 Å². The van der Waals surface area contributed by atoms with Crippen molar-refractivity contribution in [2.45, 2.75) is 6.42 Å². The lowest BCUT2D eigenvalue weighted by atomic mass is 10.3. The topological polar surface area (TPSA) is 49.3 Å². The number of halogens is 1. The van der Waals surface area contributed by atoms with Crippen LogP contribution in [0.25, 0.3) is 0 Å². The summed E-state index contributed by atoms with van der Waals surface area (Å²) in [7, 11) is 0. The molecule has 1 aromatic rings. The molecule has 1 aliphatic rings. The van der Waals surface area contributed by atoms with E-state index in [1.165, 1.54) is 0 Å². The van der Waals surface area contributed by atoms with Gasteiger partial charge in [0.1, 0.15) is 0 Å². The van der Waals surface area contributed by atoms with Crippen LogP contribution in [0.5, 0.6) is 0 Å². The average molecular weight is 276 g/mol. The van der Waals surface area contributed by atoms with Crippen LogP contribution < -0.4 is 5.32 Å². The molecule has 2 rings (SSSR count). The highest BCUT2D eigenvalue weighted by molar-refractivity contribution is 9.10. The molecule has 14 heavy (non-hydrogen) atoms. The first kappa shape index (κ1) is 9.98. The molecule has 2 atom stereocenters. The van der Waals surface area contributed by atoms with E-state index in [0.717, 1.165) is 22.4 Å². The van der Waals surface area contributed by atoms with Gasteiger partial charge in [-0.15, -0.1) is 11.3 Å². The van der Waals surface area contributed by atoms with Crippen molar-refractivity contribution in [3.8, 4) is 0 Å². The van der Waals surface area contributed by atoms with Gasteiger partial charge < -0.3 is 10.4 Å². The van der Waals surface area contributed by atoms with E-state index < -0.39 is 5.97 Å². The molecule has 0 bridgehead atoms. The van der Waals surface area contributed by atoms with Gasteiger partial charge in [0, 0.05) is 16.4 Å². The first-order valence-electron chi connectivity index (χ1n) is 4.37. The van der Waals surface area contributed by atoms with Crippen LogP contribution in [0.3, 0.4) is 0 Å². The number of carboxylic acid groups (broad SMARTS) is 1. The zero-order valence-electron chi connectivity index (χ0n) is 7.37. The standard InChI is InChI=1S/C9H10BrNO2S/c10-6-2-8(14-4-6)11-3-5-1-7(5)9(12)13/h2,4-5,7,11H,1,3H2,(H,12,13). The highest BCUT2D eigenvalue weighted by Crippen LogP contribution is 2.39. The molecule has 76 valence electrons. The Morgan fingerprint density at radius 3 is 3.07 bits per heavy atom. The molecule has 0 radical (unpaired) electrons. The predicted molar refractivity (Wildman–Crippen MR) is 59.7 cm³/mol. The Balaban J connectivity index is 1.77. The van der Waals surface area contributed by atoms with Crippen molar-refractivity contribution in [3.05, 3.63) is 15.9 Å². The quantitative estimate of drug-likeness (QED) is 0.888. The largest absolute Gasteiger partial charge is 0.481 e. The molecular weight excluding hydrogens is 266 g/mol. The summed E-state index contributed by atoms with van der Waals surface area (Å²) < 4.78 is 1.07. The van der Waals surface area contributed by atoms with E-state index in [-0.39, 0.29) is 5.92 Å². The molecule has 2 N–H and O–H groups in total. The Morgan fingerprint density at radius 2 is 2.57 bits per heavy atom. The molecule has 0 amide bonds. The molecule has 1 aliphatic carbocycles. The summed E-state index contributed by atoms with van der Waals surface area (Å²) in [6.07, 6.45) is 0.814. The number of anilines is 1. The minimum atomic E-state index is -0.663. The number of hydrogen-bond donors (Lipinski definition) is 2. The number of rotatable bonds is 4. The molecule has 0 aliphatic heterocycles. The molecule has 3 nitrogen and oxygen atoms in total. The smallest absolute Gasteiger partial charge is 0.306 e. The van der Waals surface area contributed by atoms with E-state index in [4.69, 9.17) is 5.11 Å². The van der Waals surface area contributed by atoms with E-state index in [0.29, 0.717) is 5.92 Å². The van der Waals surface area contributed by atoms with E-state index in [1.807, 2.05) is 11.4 Å². The minimum absolute atomic E-state index is 0.120. The van der Waals surface area contributed by atoms with Crippen molar-refractivity contribution >= 4 is 38.2 Å². The summed E-state index contributed by atoms with van der Waals surface area (Å²) in [6.45, 7) is 0.768. The second-order valence-corrected chi connectivity index (χ2v) is 5.28. The van der Waals surface area contributed by atoms with Crippen LogP contribution in [0, 0.1) is 11.8 Å². The third-order valence-corrected chi connectivity index (χ3v) is 3.99. The zero-order chi connectivity index (χ0) is 10.1. The lowest BCUT2D eigenvalue weighted by molar-refractivity contribution is -0.138. The monoisotopic (exact) mass is 275 g/mol. The van der Waals surface area contributed by atoms with Crippen LogP contribution in [-0.2, 0) is 4.79 Å². The lowest BCUT2D eigenvalue weighted by Crippen LogP contribution is -2.07. The van der Waals surface area contributed by atoms with Crippen molar-refractivity contribution in [2.75, 3.05) is 11.9 Å². The van der Waals surface area contributed by atoms with Crippen molar-refractivity contribution in [1.82, 2.24) is 0 Å². The van der Waals surface area contributed by atoms with Gasteiger partial charge in [0.05, 0.1) is 10.9 Å². The number of hydrogen-bond acceptors (Lipinski definition) is 3. The Hall–Kier alpha value is -0.550. The van der Waals surface area contributed by atoms with Gasteiger partial charge in [-0.1, -0.05) is 0 Å². The molecule has 1 saturated carbocycles. The van der Waals surface area contributed by atoms with Crippen LogP contribution in [0.4, 0.5) is 5.00 Å². The fraction of sp³-hybridized carbons (Fsp3) is 0.444. The second kappa shape index (κ2) is 3.90. The molecule has 0 spiro atoms. The average Bonchev–Trinajstić information content (AvgIpc) is 2.80. The summed E-state index contributed by atoms with van der Waals surface area (Å²) >= 11 is 4.99. The molecule has 5 heteroatoms. The van der Waals surface area contributed by atoms with Crippen LogP contribution >= 0.6 is 27.3 Å². The Labute approximate surface area is 94.3 Å². The van der Waals surface area contributed by atoms with E-state index in [1.54, 1.807) is 11.3 Å². The van der Waals surface area contributed by atoms with E-state index in [2.05, 4.69) is 21.2 Å². The van der Waals surface area contributed by atoms with E-state index in [9.17, 15) is 4.79 Å². The van der Waals surface area contributed by atoms with Crippen molar-refractivity contribution in [1.29, 1.82) is 0 Å². The van der Waals surface area contributed by atoms with Gasteiger partial charge in [-0.2, -0.15) is 0 Å². The maximum Gasteiger partial charge on any atom is 0.306 e. The summed E-state index contributed by atoms with van der Waals surface area (Å²) in [5, 5.41) is 15.0. The molecule has 1 aromatic heterocycles. The lowest BCUT2D eigenvalue weighted by Gasteiger charge is -2.00. The van der Waals surface area contributed by atoms with Gasteiger partial charge in [0.2, 0.25) is 0 Å². The van der Waals surface area contributed by atoms with Gasteiger partial charge >= 0.3 is 5.97 Å². The summed E-state index contributed by atoms with van der Waals surface area (Å²) in [6, 6.07) is 2.00. The number of aliphatic carboxylic acids is 1. The summed E-state index contributed by atoms with van der Waals surface area (Å²) in [4.78, 5) is 10.6. The fourth-order valence-corrected chi connectivity index (χ4v) is 2.74. The second-order valence-electron chi connectivity index (χ2n) is 3.45. The highest BCUT2D eigenvalue weighted by Gasteiger charge is 2.42. The Morgan fingerprint density at radius 1 is 1.79 bits per heavy atom.